The fourth-order valence-corrected chi connectivity index (χ4v) is 2.49. The minimum Gasteiger partial charge on any atom is -0.355 e. The molecule has 0 amide bonds. The summed E-state index contributed by atoms with van der Waals surface area (Å²) < 4.78 is 0. The minimum absolute atomic E-state index is 0.185. The van der Waals surface area contributed by atoms with Crippen LogP contribution >= 0.6 is 11.6 Å². The van der Waals surface area contributed by atoms with Crippen LogP contribution in [0.25, 0.3) is 0 Å². The van der Waals surface area contributed by atoms with Crippen LogP contribution in [0, 0.1) is 5.92 Å². The summed E-state index contributed by atoms with van der Waals surface area (Å²) in [5.41, 5.74) is 5.28. The molecule has 0 bridgehead atoms. The Balaban J connectivity index is 2.05. The number of piperidine rings is 1. The predicted octanol–water partition coefficient (Wildman–Crippen LogP) is 0.989. The lowest BCUT2D eigenvalue weighted by Crippen LogP contribution is -2.35. The molecule has 1 aromatic rings. The molecule has 2 rings (SSSR count). The van der Waals surface area contributed by atoms with E-state index in [1.165, 1.54) is 6.33 Å². The van der Waals surface area contributed by atoms with Gasteiger partial charge in [-0.3, -0.25) is 4.79 Å². The van der Waals surface area contributed by atoms with Crippen LogP contribution in [0.4, 0.5) is 5.82 Å². The van der Waals surface area contributed by atoms with Crippen LogP contribution in [0.3, 0.4) is 0 Å². The first-order chi connectivity index (χ1) is 8.22. The lowest BCUT2D eigenvalue weighted by molar-refractivity contribution is 0.385. The number of hydrogen-bond acceptors (Lipinski definition) is 4. The highest BCUT2D eigenvalue weighted by molar-refractivity contribution is 6.32. The summed E-state index contributed by atoms with van der Waals surface area (Å²) in [5.74, 6) is 1.29. The van der Waals surface area contributed by atoms with Crippen molar-refractivity contribution in [3.8, 4) is 0 Å². The monoisotopic (exact) mass is 256 g/mol. The van der Waals surface area contributed by atoms with E-state index >= 15 is 0 Å². The highest BCUT2D eigenvalue weighted by Gasteiger charge is 2.21. The number of H-pyrrole nitrogens is 1. The predicted molar refractivity (Wildman–Crippen MR) is 68.5 cm³/mol. The van der Waals surface area contributed by atoms with Gasteiger partial charge in [-0.15, -0.1) is 0 Å². The Labute approximate surface area is 105 Å². The van der Waals surface area contributed by atoms with Crippen molar-refractivity contribution in [2.75, 3.05) is 24.5 Å². The Bertz CT molecular complexity index is 426. The van der Waals surface area contributed by atoms with Gasteiger partial charge in [0.05, 0.1) is 6.33 Å². The first-order valence-corrected chi connectivity index (χ1v) is 6.28. The average molecular weight is 257 g/mol. The maximum Gasteiger partial charge on any atom is 0.271 e. The summed E-state index contributed by atoms with van der Waals surface area (Å²) in [5, 5.41) is 0.185. The third-order valence-corrected chi connectivity index (χ3v) is 3.61. The van der Waals surface area contributed by atoms with Crippen LogP contribution in [-0.2, 0) is 0 Å². The molecule has 3 N–H and O–H groups in total. The number of nitrogens with one attached hydrogen (secondary N) is 1. The van der Waals surface area contributed by atoms with Gasteiger partial charge < -0.3 is 15.6 Å². The van der Waals surface area contributed by atoms with Crippen LogP contribution < -0.4 is 16.2 Å². The molecule has 1 fully saturated rings. The van der Waals surface area contributed by atoms with Gasteiger partial charge in [0, 0.05) is 13.1 Å². The van der Waals surface area contributed by atoms with E-state index in [1.54, 1.807) is 0 Å². The summed E-state index contributed by atoms with van der Waals surface area (Å²) in [4.78, 5) is 20.1. The van der Waals surface area contributed by atoms with Gasteiger partial charge >= 0.3 is 0 Å². The Kier molecular flexibility index (Phi) is 4.02. The number of nitrogens with zero attached hydrogens (tertiary/aromatic N) is 2. The van der Waals surface area contributed by atoms with Gasteiger partial charge in [-0.1, -0.05) is 11.6 Å². The topological polar surface area (TPSA) is 75.0 Å². The number of aromatic nitrogens is 2. The Morgan fingerprint density at radius 1 is 1.53 bits per heavy atom. The molecule has 1 aliphatic rings. The molecule has 1 aliphatic heterocycles. The van der Waals surface area contributed by atoms with Gasteiger partial charge in [-0.25, -0.2) is 4.98 Å². The van der Waals surface area contributed by atoms with Crippen molar-refractivity contribution in [1.29, 1.82) is 0 Å². The van der Waals surface area contributed by atoms with Crippen LogP contribution in [0.1, 0.15) is 19.3 Å². The third-order valence-electron chi connectivity index (χ3n) is 3.27. The summed E-state index contributed by atoms with van der Waals surface area (Å²) >= 11 is 5.96. The molecule has 0 aromatic carbocycles. The largest absolute Gasteiger partial charge is 0.355 e. The van der Waals surface area contributed by atoms with E-state index in [4.69, 9.17) is 17.3 Å². The minimum atomic E-state index is -0.277. The highest BCUT2D eigenvalue weighted by atomic mass is 35.5. The van der Waals surface area contributed by atoms with Crippen molar-refractivity contribution in [3.05, 3.63) is 21.7 Å². The molecule has 17 heavy (non-hydrogen) atoms. The molecule has 6 heteroatoms. The number of rotatable bonds is 3. The Morgan fingerprint density at radius 2 is 2.24 bits per heavy atom. The van der Waals surface area contributed by atoms with Gasteiger partial charge in [-0.2, -0.15) is 0 Å². The second kappa shape index (κ2) is 5.51. The lowest BCUT2D eigenvalue weighted by Gasteiger charge is -2.32. The summed E-state index contributed by atoms with van der Waals surface area (Å²) in [6, 6.07) is 0. The number of hydrogen-bond donors (Lipinski definition) is 2. The van der Waals surface area contributed by atoms with Crippen LogP contribution in [0.15, 0.2) is 11.1 Å². The van der Waals surface area contributed by atoms with E-state index in [2.05, 4.69) is 14.9 Å². The number of aromatic amines is 1. The van der Waals surface area contributed by atoms with Gasteiger partial charge in [0.1, 0.15) is 5.02 Å². The standard InChI is InChI=1S/C11H17ClN4O/c12-9-10(14-7-15-11(9)17)16-5-2-8(1-4-13)3-6-16/h7-8H,1-6,13H2,(H,14,15,17). The summed E-state index contributed by atoms with van der Waals surface area (Å²) in [6.45, 7) is 2.52. The van der Waals surface area contributed by atoms with Crippen LogP contribution in [0.2, 0.25) is 5.02 Å². The van der Waals surface area contributed by atoms with Crippen molar-refractivity contribution in [3.63, 3.8) is 0 Å². The highest BCUT2D eigenvalue weighted by Crippen LogP contribution is 2.26. The van der Waals surface area contributed by atoms with Gasteiger partial charge in [0.25, 0.3) is 5.56 Å². The zero-order valence-electron chi connectivity index (χ0n) is 9.66. The van der Waals surface area contributed by atoms with Crippen molar-refractivity contribution in [2.45, 2.75) is 19.3 Å². The molecular weight excluding hydrogens is 240 g/mol. The molecule has 5 nitrogen and oxygen atoms in total. The van der Waals surface area contributed by atoms with Gasteiger partial charge in [0.2, 0.25) is 0 Å². The fraction of sp³-hybridized carbons (Fsp3) is 0.636. The lowest BCUT2D eigenvalue weighted by atomic mass is 9.94. The molecule has 94 valence electrons. The maximum atomic E-state index is 11.4. The van der Waals surface area contributed by atoms with Crippen LogP contribution in [0.5, 0.6) is 0 Å². The van der Waals surface area contributed by atoms with E-state index < -0.39 is 0 Å². The molecule has 0 saturated carbocycles. The fourth-order valence-electron chi connectivity index (χ4n) is 2.26. The molecule has 2 heterocycles. The molecule has 0 aliphatic carbocycles. The van der Waals surface area contributed by atoms with Crippen LogP contribution in [-0.4, -0.2) is 29.6 Å². The van der Waals surface area contributed by atoms with Crippen molar-refractivity contribution in [1.82, 2.24) is 9.97 Å². The second-order valence-electron chi connectivity index (χ2n) is 4.38. The normalized spacial score (nSPS) is 17.4. The third kappa shape index (κ3) is 2.79. The molecule has 0 atom stereocenters. The molecule has 0 unspecified atom stereocenters. The van der Waals surface area contributed by atoms with E-state index in [9.17, 15) is 4.79 Å². The Morgan fingerprint density at radius 3 is 2.88 bits per heavy atom. The number of anilines is 1. The number of halogens is 1. The SMILES string of the molecule is NCCC1CCN(c2nc[nH]c(=O)c2Cl)CC1. The van der Waals surface area contributed by atoms with Crippen molar-refractivity contribution < 1.29 is 0 Å². The zero-order chi connectivity index (χ0) is 12.3. The first kappa shape index (κ1) is 12.4. The quantitative estimate of drug-likeness (QED) is 0.846. The number of nitrogens with two attached hydrogens (primary N) is 1. The van der Waals surface area contributed by atoms with Gasteiger partial charge in [0.15, 0.2) is 5.82 Å². The summed E-state index contributed by atoms with van der Waals surface area (Å²) in [7, 11) is 0. The molecule has 0 spiro atoms. The molecule has 1 saturated heterocycles. The Hall–Kier alpha value is -1.07. The van der Waals surface area contributed by atoms with Crippen molar-refractivity contribution >= 4 is 17.4 Å². The maximum absolute atomic E-state index is 11.4. The zero-order valence-corrected chi connectivity index (χ0v) is 10.4. The molecule has 1 aromatic heterocycles. The van der Waals surface area contributed by atoms with Gasteiger partial charge in [-0.05, 0) is 31.7 Å². The van der Waals surface area contributed by atoms with E-state index in [0.29, 0.717) is 11.7 Å². The second-order valence-corrected chi connectivity index (χ2v) is 4.75. The molecule has 0 radical (unpaired) electrons. The van der Waals surface area contributed by atoms with E-state index in [-0.39, 0.29) is 10.6 Å². The smallest absolute Gasteiger partial charge is 0.271 e. The molecular formula is C11H17ClN4O. The van der Waals surface area contributed by atoms with E-state index in [1.807, 2.05) is 0 Å². The summed E-state index contributed by atoms with van der Waals surface area (Å²) in [6.07, 6.45) is 4.64. The first-order valence-electron chi connectivity index (χ1n) is 5.90. The van der Waals surface area contributed by atoms with Crippen molar-refractivity contribution in [2.24, 2.45) is 11.7 Å². The van der Waals surface area contributed by atoms with E-state index in [0.717, 1.165) is 38.9 Å². The average Bonchev–Trinajstić information content (AvgIpc) is 2.34.